The molecule has 2 atom stereocenters. The molecule has 6 heterocycles. The fraction of sp³-hybridized carbons (Fsp3) is 0.231. The largest absolute Gasteiger partial charge is 0.437 e. The first-order chi connectivity index (χ1) is 30.1. The van der Waals surface area contributed by atoms with E-state index in [1.54, 1.807) is 6.20 Å². The van der Waals surface area contributed by atoms with Gasteiger partial charge in [-0.25, -0.2) is 19.7 Å². The number of aromatic nitrogens is 2. The number of pyridine rings is 2. The number of hydrogen-bond donors (Lipinski definition) is 2. The first kappa shape index (κ1) is 45.7. The van der Waals surface area contributed by atoms with Crippen LogP contribution in [-0.2, 0) is 9.47 Å². The lowest BCUT2D eigenvalue weighted by atomic mass is 9.98. The van der Waals surface area contributed by atoms with E-state index in [0.717, 1.165) is 82.7 Å². The highest BCUT2D eigenvalue weighted by atomic mass is 35.5. The van der Waals surface area contributed by atoms with Crippen LogP contribution in [0, 0.1) is 13.1 Å². The van der Waals surface area contributed by atoms with Gasteiger partial charge in [0.25, 0.3) is 0 Å². The summed E-state index contributed by atoms with van der Waals surface area (Å²) in [5.74, 6) is 1.46. The van der Waals surface area contributed by atoms with Crippen LogP contribution in [0.15, 0.2) is 143 Å². The van der Waals surface area contributed by atoms with Gasteiger partial charge in [0, 0.05) is 61.0 Å². The Kier molecular flexibility index (Phi) is 15.8. The Labute approximate surface area is 374 Å². The molecule has 2 fully saturated rings. The van der Waals surface area contributed by atoms with Crippen LogP contribution in [0.3, 0.4) is 0 Å². The summed E-state index contributed by atoms with van der Waals surface area (Å²) in [6.45, 7) is 18.0. The number of fused-ring (bicyclic) bond motifs is 2. The number of hydrogen-bond acceptors (Lipinski definition) is 8. The van der Waals surface area contributed by atoms with Gasteiger partial charge in [-0.1, -0.05) is 148 Å². The molecule has 8 aromatic rings. The SMILES string of the molecule is C.C.NC[C@@H]1CCCO1.[C-]#[N+]c1cnc2oc(-c3ccccc3)c(-c3ccccc3)c2c1Cl.[C-]#[N+]c1cnc2oc(-c3ccccc3)c(-c3ccccc3)c2c1NC[C@@H]1CCCO1. The van der Waals surface area contributed by atoms with E-state index in [-0.39, 0.29) is 21.0 Å². The van der Waals surface area contributed by atoms with Gasteiger partial charge >= 0.3 is 0 Å². The average Bonchev–Trinajstić information content (AvgIpc) is 4.17. The molecule has 3 N–H and O–H groups in total. The number of rotatable bonds is 8. The number of nitrogens with two attached hydrogens (primary N) is 1. The minimum absolute atomic E-state index is 0. The topological polar surface area (TPSA) is 117 Å². The molecule has 2 saturated heterocycles. The van der Waals surface area contributed by atoms with Gasteiger partial charge in [0.2, 0.25) is 22.8 Å². The first-order valence-corrected chi connectivity index (χ1v) is 20.7. The van der Waals surface area contributed by atoms with Crippen molar-refractivity contribution in [1.82, 2.24) is 9.97 Å². The maximum atomic E-state index is 7.68. The van der Waals surface area contributed by atoms with Crippen LogP contribution in [0.2, 0.25) is 5.02 Å². The lowest BCUT2D eigenvalue weighted by Crippen LogP contribution is -2.18. The summed E-state index contributed by atoms with van der Waals surface area (Å²) >= 11 is 6.48. The molecular weight excluding hydrogens is 808 g/mol. The highest BCUT2D eigenvalue weighted by Crippen LogP contribution is 2.47. The van der Waals surface area contributed by atoms with Gasteiger partial charge in [0.15, 0.2) is 0 Å². The number of nitrogens with zero attached hydrogens (tertiary/aromatic N) is 4. The highest BCUT2D eigenvalue weighted by molar-refractivity contribution is 6.39. The Morgan fingerprint density at radius 3 is 1.46 bits per heavy atom. The Morgan fingerprint density at radius 1 is 0.603 bits per heavy atom. The van der Waals surface area contributed by atoms with Gasteiger partial charge in [0.05, 0.1) is 46.8 Å². The third kappa shape index (κ3) is 10.1. The van der Waals surface area contributed by atoms with Crippen molar-refractivity contribution in [1.29, 1.82) is 0 Å². The quantitative estimate of drug-likeness (QED) is 0.145. The molecule has 320 valence electrons. The summed E-state index contributed by atoms with van der Waals surface area (Å²) in [5, 5.41) is 5.38. The van der Waals surface area contributed by atoms with E-state index in [0.29, 0.717) is 58.2 Å². The second-order valence-corrected chi connectivity index (χ2v) is 14.9. The zero-order valence-corrected chi connectivity index (χ0v) is 34.1. The normalized spacial score (nSPS) is 15.1. The molecule has 0 bridgehead atoms. The number of nitrogens with one attached hydrogen (secondary N) is 1. The highest BCUT2D eigenvalue weighted by Gasteiger charge is 2.25. The van der Waals surface area contributed by atoms with Gasteiger partial charge in [0.1, 0.15) is 11.5 Å². The van der Waals surface area contributed by atoms with Crippen molar-refractivity contribution in [2.24, 2.45) is 5.73 Å². The van der Waals surface area contributed by atoms with Crippen molar-refractivity contribution in [3.63, 3.8) is 0 Å². The Balaban J connectivity index is 0.000000179. The van der Waals surface area contributed by atoms with E-state index < -0.39 is 0 Å². The van der Waals surface area contributed by atoms with E-state index in [4.69, 9.17) is 48.8 Å². The Hall–Kier alpha value is -6.79. The number of ether oxygens (including phenoxy) is 2. The second-order valence-electron chi connectivity index (χ2n) is 14.5. The summed E-state index contributed by atoms with van der Waals surface area (Å²) in [7, 11) is 0. The predicted octanol–water partition coefficient (Wildman–Crippen LogP) is 14.1. The molecule has 11 heteroatoms. The molecule has 0 spiro atoms. The zero-order chi connectivity index (χ0) is 42.0. The third-order valence-electron chi connectivity index (χ3n) is 10.6. The van der Waals surface area contributed by atoms with E-state index >= 15 is 0 Å². The van der Waals surface area contributed by atoms with Gasteiger partial charge < -0.3 is 29.4 Å². The van der Waals surface area contributed by atoms with Crippen LogP contribution in [0.4, 0.5) is 17.1 Å². The predicted molar refractivity (Wildman–Crippen MR) is 256 cm³/mol. The van der Waals surface area contributed by atoms with Crippen LogP contribution in [-0.4, -0.2) is 48.5 Å². The molecule has 0 saturated carbocycles. The molecule has 4 aromatic carbocycles. The molecule has 0 amide bonds. The number of benzene rings is 4. The van der Waals surface area contributed by atoms with Crippen molar-refractivity contribution < 1.29 is 18.3 Å². The first-order valence-electron chi connectivity index (χ1n) is 20.3. The summed E-state index contributed by atoms with van der Waals surface area (Å²) in [6.07, 6.45) is 8.03. The Morgan fingerprint density at radius 2 is 1.03 bits per heavy atom. The summed E-state index contributed by atoms with van der Waals surface area (Å²) < 4.78 is 23.2. The van der Waals surface area contributed by atoms with Crippen molar-refractivity contribution in [2.75, 3.05) is 31.6 Å². The molecule has 10 nitrogen and oxygen atoms in total. The number of anilines is 1. The Bertz CT molecular complexity index is 2790. The van der Waals surface area contributed by atoms with E-state index in [1.807, 2.05) is 109 Å². The maximum absolute atomic E-state index is 7.68. The smallest absolute Gasteiger partial charge is 0.228 e. The van der Waals surface area contributed by atoms with Gasteiger partial charge in [-0.3, -0.25) is 0 Å². The fourth-order valence-corrected chi connectivity index (χ4v) is 7.88. The molecule has 4 aromatic heterocycles. The maximum Gasteiger partial charge on any atom is 0.228 e. The molecular formula is C52H51ClN6O4. The van der Waals surface area contributed by atoms with E-state index in [9.17, 15) is 0 Å². The van der Waals surface area contributed by atoms with E-state index in [2.05, 4.69) is 37.1 Å². The fourth-order valence-electron chi connectivity index (χ4n) is 7.61. The molecule has 10 rings (SSSR count). The molecule has 2 aliphatic rings. The van der Waals surface area contributed by atoms with Crippen LogP contribution < -0.4 is 11.1 Å². The standard InChI is InChI=1S/C25H21N3O2.C20H11ClN2O.C5H11NO.2CH4/c1-26-20-16-28-25-22(23(20)27-15-19-13-8-14-29-19)21(17-9-4-2-5-10-17)24(30-25)18-11-6-3-7-12-18;1-22-15-12-23-20-17(18(15)21)16(13-8-4-2-5-9-13)19(24-20)14-10-6-3-7-11-14;6-4-5-2-1-3-7-5;;/h2-7,9-12,16,19H,8,13-15H2,(H,27,28);2-12H;5H,1-4,6H2;2*1H4/t19-;;5-;;/m0.0../s1. The van der Waals surface area contributed by atoms with Crippen LogP contribution >= 0.6 is 11.6 Å². The molecule has 0 aliphatic carbocycles. The average molecular weight is 859 g/mol. The van der Waals surface area contributed by atoms with Crippen LogP contribution in [0.25, 0.3) is 76.8 Å². The number of furan rings is 2. The lowest BCUT2D eigenvalue weighted by Gasteiger charge is -2.14. The third-order valence-corrected chi connectivity index (χ3v) is 11.0. The van der Waals surface area contributed by atoms with Crippen molar-refractivity contribution in [2.45, 2.75) is 52.7 Å². The van der Waals surface area contributed by atoms with Crippen molar-refractivity contribution in [3.8, 4) is 44.9 Å². The summed E-state index contributed by atoms with van der Waals surface area (Å²) in [6, 6.07) is 39.9. The zero-order valence-electron chi connectivity index (χ0n) is 33.4. The molecule has 63 heavy (non-hydrogen) atoms. The lowest BCUT2D eigenvalue weighted by molar-refractivity contribution is 0.117. The van der Waals surface area contributed by atoms with Crippen molar-refractivity contribution in [3.05, 3.63) is 162 Å². The monoisotopic (exact) mass is 858 g/mol. The molecule has 0 unspecified atom stereocenters. The van der Waals surface area contributed by atoms with E-state index in [1.165, 1.54) is 12.6 Å². The molecule has 2 aliphatic heterocycles. The van der Waals surface area contributed by atoms with Crippen molar-refractivity contribution >= 4 is 50.9 Å². The molecule has 0 radical (unpaired) electrons. The van der Waals surface area contributed by atoms with Gasteiger partial charge in [-0.2, -0.15) is 0 Å². The number of halogens is 1. The minimum atomic E-state index is 0. The second kappa shape index (κ2) is 21.8. The van der Waals surface area contributed by atoms with Crippen LogP contribution in [0.5, 0.6) is 0 Å². The summed E-state index contributed by atoms with van der Waals surface area (Å²) in [4.78, 5) is 15.9. The summed E-state index contributed by atoms with van der Waals surface area (Å²) in [5.41, 5.74) is 13.6. The minimum Gasteiger partial charge on any atom is -0.437 e. The van der Waals surface area contributed by atoms with Gasteiger partial charge in [-0.15, -0.1) is 0 Å². The van der Waals surface area contributed by atoms with Gasteiger partial charge in [-0.05, 0) is 36.8 Å². The van der Waals surface area contributed by atoms with Crippen LogP contribution in [0.1, 0.15) is 40.5 Å².